The number of carbonyl (C=O) groups is 2. The lowest BCUT2D eigenvalue weighted by Gasteiger charge is -2.06. The van der Waals surface area contributed by atoms with Crippen LogP contribution in [0.1, 0.15) is 27.1 Å². The highest BCUT2D eigenvalue weighted by Gasteiger charge is 2.17. The maximum absolute atomic E-state index is 11.7. The van der Waals surface area contributed by atoms with Gasteiger partial charge in [-0.15, -0.1) is 0 Å². The maximum Gasteiger partial charge on any atom is 0.338 e. The maximum atomic E-state index is 11.7. The Balaban J connectivity index is 3.17. The van der Waals surface area contributed by atoms with Crippen LogP contribution in [0.15, 0.2) is 22.7 Å². The van der Waals surface area contributed by atoms with E-state index in [1.165, 1.54) is 7.11 Å². The summed E-state index contributed by atoms with van der Waals surface area (Å²) in [5, 5.41) is 0.572. The van der Waals surface area contributed by atoms with E-state index in [0.717, 1.165) is 4.47 Å². The smallest absolute Gasteiger partial charge is 0.338 e. The molecule has 0 unspecified atom stereocenters. The number of benzene rings is 1. The molecule has 0 N–H and O–H groups in total. The minimum absolute atomic E-state index is 0.0789. The molecule has 1 aromatic rings. The third kappa shape index (κ3) is 3.15. The molecule has 0 aliphatic heterocycles. The van der Waals surface area contributed by atoms with Crippen molar-refractivity contribution in [1.29, 1.82) is 0 Å². The molecule has 0 heterocycles. The molecule has 0 bridgehead atoms. The summed E-state index contributed by atoms with van der Waals surface area (Å²) in [6.07, 6.45) is 0.353. The van der Waals surface area contributed by atoms with E-state index in [1.807, 2.05) is 0 Å². The highest BCUT2D eigenvalue weighted by atomic mass is 79.9. The van der Waals surface area contributed by atoms with Crippen molar-refractivity contribution in [1.82, 2.24) is 0 Å². The zero-order chi connectivity index (χ0) is 12.1. The second-order valence-electron chi connectivity index (χ2n) is 3.04. The number of hydrogen-bond donors (Lipinski definition) is 0. The van der Waals surface area contributed by atoms with E-state index in [4.69, 9.17) is 0 Å². The first-order chi connectivity index (χ1) is 7.60. The van der Waals surface area contributed by atoms with Gasteiger partial charge in [-0.3, -0.25) is 4.79 Å². The quantitative estimate of drug-likeness (QED) is 0.476. The number of methoxy groups -OCH3 is 1. The van der Waals surface area contributed by atoms with Crippen LogP contribution in [-0.2, 0) is 4.74 Å². The van der Waals surface area contributed by atoms with Crippen LogP contribution in [0.25, 0.3) is 0 Å². The zero-order valence-electron chi connectivity index (χ0n) is 8.63. The van der Waals surface area contributed by atoms with Gasteiger partial charge >= 0.3 is 5.97 Å². The Bertz CT molecular complexity index is 416. The van der Waals surface area contributed by atoms with Gasteiger partial charge in [0.1, 0.15) is 0 Å². The fourth-order valence-corrected chi connectivity index (χ4v) is 1.98. The van der Waals surface area contributed by atoms with Gasteiger partial charge in [-0.05, 0) is 18.2 Å². The molecule has 0 saturated heterocycles. The van der Waals surface area contributed by atoms with Gasteiger partial charge in [0.15, 0.2) is 5.78 Å². The van der Waals surface area contributed by atoms with Crippen molar-refractivity contribution >= 4 is 43.6 Å². The molecule has 5 heteroatoms. The predicted octanol–water partition coefficient (Wildman–Crippen LogP) is 3.20. The van der Waals surface area contributed by atoms with Crippen LogP contribution < -0.4 is 0 Å². The van der Waals surface area contributed by atoms with E-state index in [1.54, 1.807) is 18.2 Å². The number of Topliss-reactive ketones (excluding diaryl/α,β-unsaturated/α-hetero) is 1. The Morgan fingerprint density at radius 3 is 2.56 bits per heavy atom. The number of ketones is 1. The molecule has 0 saturated carbocycles. The molecule has 0 aromatic heterocycles. The molecule has 0 spiro atoms. The average Bonchev–Trinajstić information content (AvgIpc) is 2.28. The molecule has 0 radical (unpaired) electrons. The Morgan fingerprint density at radius 1 is 1.31 bits per heavy atom. The number of rotatable bonds is 4. The molecule has 0 aliphatic rings. The molecule has 0 amide bonds. The molecular formula is C11H10Br2O3. The number of carbonyl (C=O) groups excluding carboxylic acids is 2. The van der Waals surface area contributed by atoms with Crippen LogP contribution in [0, 0.1) is 0 Å². The second-order valence-corrected chi connectivity index (χ2v) is 4.75. The fourth-order valence-electron chi connectivity index (χ4n) is 1.26. The summed E-state index contributed by atoms with van der Waals surface area (Å²) in [6, 6.07) is 4.95. The van der Waals surface area contributed by atoms with Gasteiger partial charge in [0.05, 0.1) is 12.7 Å². The Kier molecular flexibility index (Phi) is 5.15. The van der Waals surface area contributed by atoms with Crippen LogP contribution in [-0.4, -0.2) is 24.2 Å². The van der Waals surface area contributed by atoms with Crippen LogP contribution in [0.2, 0.25) is 0 Å². The third-order valence-electron chi connectivity index (χ3n) is 2.01. The van der Waals surface area contributed by atoms with E-state index < -0.39 is 5.97 Å². The van der Waals surface area contributed by atoms with Gasteiger partial charge in [0.2, 0.25) is 0 Å². The average molecular weight is 350 g/mol. The molecule has 1 aromatic carbocycles. The van der Waals surface area contributed by atoms with Crippen LogP contribution in [0.5, 0.6) is 0 Å². The molecule has 0 aliphatic carbocycles. The Morgan fingerprint density at radius 2 is 2.00 bits per heavy atom. The minimum Gasteiger partial charge on any atom is -0.465 e. The summed E-state index contributed by atoms with van der Waals surface area (Å²) in [5.74, 6) is -0.580. The van der Waals surface area contributed by atoms with Crippen molar-refractivity contribution in [3.05, 3.63) is 33.8 Å². The first-order valence-corrected chi connectivity index (χ1v) is 6.48. The van der Waals surface area contributed by atoms with Crippen molar-refractivity contribution in [3.63, 3.8) is 0 Å². The lowest BCUT2D eigenvalue weighted by Crippen LogP contribution is -2.10. The highest BCUT2D eigenvalue weighted by Crippen LogP contribution is 2.19. The van der Waals surface area contributed by atoms with E-state index in [-0.39, 0.29) is 5.78 Å². The highest BCUT2D eigenvalue weighted by molar-refractivity contribution is 9.10. The normalized spacial score (nSPS) is 9.94. The van der Waals surface area contributed by atoms with Crippen LogP contribution in [0.3, 0.4) is 0 Å². The van der Waals surface area contributed by atoms with E-state index in [9.17, 15) is 9.59 Å². The Hall–Kier alpha value is -0.680. The monoisotopic (exact) mass is 348 g/mol. The zero-order valence-corrected chi connectivity index (χ0v) is 11.8. The predicted molar refractivity (Wildman–Crippen MR) is 68.2 cm³/mol. The summed E-state index contributed by atoms with van der Waals surface area (Å²) >= 11 is 6.45. The SMILES string of the molecule is COC(=O)c1cc(Br)ccc1C(=O)CCBr. The van der Waals surface area contributed by atoms with E-state index in [0.29, 0.717) is 22.9 Å². The van der Waals surface area contributed by atoms with Gasteiger partial charge in [-0.2, -0.15) is 0 Å². The number of halogens is 2. The largest absolute Gasteiger partial charge is 0.465 e. The summed E-state index contributed by atoms with van der Waals surface area (Å²) < 4.78 is 5.38. The third-order valence-corrected chi connectivity index (χ3v) is 2.90. The van der Waals surface area contributed by atoms with Crippen molar-refractivity contribution in [2.24, 2.45) is 0 Å². The summed E-state index contributed by atoms with van der Waals surface area (Å²) in [6.45, 7) is 0. The van der Waals surface area contributed by atoms with Gasteiger partial charge in [-0.25, -0.2) is 4.79 Å². The first-order valence-electron chi connectivity index (χ1n) is 4.57. The molecule has 0 atom stereocenters. The summed E-state index contributed by atoms with van der Waals surface area (Å²) in [7, 11) is 1.29. The lowest BCUT2D eigenvalue weighted by molar-refractivity contribution is 0.0597. The first kappa shape index (κ1) is 13.4. The van der Waals surface area contributed by atoms with Crippen LogP contribution >= 0.6 is 31.9 Å². The number of hydrogen-bond acceptors (Lipinski definition) is 3. The topological polar surface area (TPSA) is 43.4 Å². The molecule has 16 heavy (non-hydrogen) atoms. The van der Waals surface area contributed by atoms with Crippen molar-refractivity contribution < 1.29 is 14.3 Å². The van der Waals surface area contributed by atoms with E-state index >= 15 is 0 Å². The van der Waals surface area contributed by atoms with Gasteiger partial charge in [-0.1, -0.05) is 31.9 Å². The van der Waals surface area contributed by atoms with Crippen molar-refractivity contribution in [2.45, 2.75) is 6.42 Å². The minimum atomic E-state index is -0.501. The van der Waals surface area contributed by atoms with Crippen LogP contribution in [0.4, 0.5) is 0 Å². The standard InChI is InChI=1S/C11H10Br2O3/c1-16-11(15)9-6-7(13)2-3-8(9)10(14)4-5-12/h2-3,6H,4-5H2,1H3. The number of ether oxygens (including phenoxy) is 1. The van der Waals surface area contributed by atoms with Gasteiger partial charge in [0, 0.05) is 21.8 Å². The summed E-state index contributed by atoms with van der Waals surface area (Å²) in [4.78, 5) is 23.2. The fraction of sp³-hybridized carbons (Fsp3) is 0.273. The number of alkyl halides is 1. The Labute approximate surface area is 110 Å². The molecular weight excluding hydrogens is 340 g/mol. The summed E-state index contributed by atoms with van der Waals surface area (Å²) in [5.41, 5.74) is 0.692. The van der Waals surface area contributed by atoms with Gasteiger partial charge < -0.3 is 4.74 Å². The molecule has 86 valence electrons. The molecule has 3 nitrogen and oxygen atoms in total. The molecule has 1 rings (SSSR count). The second kappa shape index (κ2) is 6.15. The van der Waals surface area contributed by atoms with E-state index in [2.05, 4.69) is 36.6 Å². The van der Waals surface area contributed by atoms with Gasteiger partial charge in [0.25, 0.3) is 0 Å². The molecule has 0 fully saturated rings. The lowest BCUT2D eigenvalue weighted by atomic mass is 10.0. The van der Waals surface area contributed by atoms with Crippen molar-refractivity contribution in [2.75, 3.05) is 12.4 Å². The number of esters is 1. The van der Waals surface area contributed by atoms with Crippen molar-refractivity contribution in [3.8, 4) is 0 Å².